The minimum absolute atomic E-state index is 0.0307. The van der Waals surface area contributed by atoms with Crippen LogP contribution < -0.4 is 20.3 Å². The van der Waals surface area contributed by atoms with Crippen molar-refractivity contribution < 1.29 is 14.5 Å². The number of nitro groups is 1. The van der Waals surface area contributed by atoms with Crippen molar-refractivity contribution in [2.24, 2.45) is 0 Å². The second-order valence-electron chi connectivity index (χ2n) is 4.81. The average Bonchev–Trinajstić information content (AvgIpc) is 2.45. The van der Waals surface area contributed by atoms with Gasteiger partial charge in [0.05, 0.1) is 16.7 Å². The zero-order valence-electron chi connectivity index (χ0n) is 12.0. The zero-order valence-corrected chi connectivity index (χ0v) is 12.0. The van der Waals surface area contributed by atoms with E-state index in [1.807, 2.05) is 7.05 Å². The van der Waals surface area contributed by atoms with Crippen molar-refractivity contribution in [3.63, 3.8) is 0 Å². The largest absolute Gasteiger partial charge is 0.481 e. The molecule has 1 amide bonds. The number of benzene rings is 1. The Morgan fingerprint density at radius 2 is 2.29 bits per heavy atom. The lowest BCUT2D eigenvalue weighted by atomic mass is 10.2. The number of ether oxygens (including phenoxy) is 1. The molecule has 0 atom stereocenters. The molecule has 0 unspecified atom stereocenters. The maximum Gasteiger partial charge on any atom is 0.296 e. The van der Waals surface area contributed by atoms with Gasteiger partial charge in [-0.25, -0.2) is 0 Å². The van der Waals surface area contributed by atoms with E-state index in [1.54, 1.807) is 18.0 Å². The van der Waals surface area contributed by atoms with Crippen LogP contribution in [0.3, 0.4) is 0 Å². The van der Waals surface area contributed by atoms with Crippen molar-refractivity contribution in [3.8, 4) is 5.75 Å². The first-order valence-corrected chi connectivity index (χ1v) is 6.63. The fraction of sp³-hybridized carbons (Fsp3) is 0.462. The van der Waals surface area contributed by atoms with Gasteiger partial charge in [0.1, 0.15) is 5.69 Å². The lowest BCUT2D eigenvalue weighted by Gasteiger charge is -2.23. The number of amides is 1. The molecular formula is C13H18N4O4. The maximum atomic E-state index is 11.3. The number of nitro benzene ring substituents is 1. The standard InChI is InChI=1S/C13H18N4O4/c1-14-4-3-5-16(2)10-6-9-12(7-11(10)17(19)20)21-8-13(18)15-9/h6-7,14H,3-5,8H2,1-2H3,(H,15,18). The Labute approximate surface area is 122 Å². The van der Waals surface area contributed by atoms with E-state index in [-0.39, 0.29) is 18.2 Å². The Morgan fingerprint density at radius 1 is 1.52 bits per heavy atom. The van der Waals surface area contributed by atoms with Gasteiger partial charge in [-0.1, -0.05) is 0 Å². The molecule has 0 saturated heterocycles. The van der Waals surface area contributed by atoms with E-state index in [0.29, 0.717) is 23.7 Å². The molecule has 114 valence electrons. The van der Waals surface area contributed by atoms with E-state index in [4.69, 9.17) is 4.74 Å². The predicted molar refractivity (Wildman–Crippen MR) is 79.0 cm³/mol. The number of rotatable bonds is 6. The summed E-state index contributed by atoms with van der Waals surface area (Å²) in [4.78, 5) is 23.9. The van der Waals surface area contributed by atoms with Gasteiger partial charge in [-0.2, -0.15) is 0 Å². The molecule has 1 aliphatic rings. The molecule has 0 fully saturated rings. The van der Waals surface area contributed by atoms with Gasteiger partial charge in [0.2, 0.25) is 0 Å². The summed E-state index contributed by atoms with van der Waals surface area (Å²) in [6.45, 7) is 1.36. The van der Waals surface area contributed by atoms with Gasteiger partial charge in [0.25, 0.3) is 11.6 Å². The molecule has 0 aromatic heterocycles. The third-order valence-electron chi connectivity index (χ3n) is 3.24. The van der Waals surface area contributed by atoms with E-state index < -0.39 is 4.92 Å². The molecule has 1 heterocycles. The summed E-state index contributed by atoms with van der Waals surface area (Å²) in [7, 11) is 3.64. The van der Waals surface area contributed by atoms with Crippen molar-refractivity contribution in [1.29, 1.82) is 0 Å². The van der Waals surface area contributed by atoms with Crippen LogP contribution in [0, 0.1) is 10.1 Å². The highest BCUT2D eigenvalue weighted by Gasteiger charge is 2.25. The van der Waals surface area contributed by atoms with Crippen LogP contribution in [0.25, 0.3) is 0 Å². The number of carbonyl (C=O) groups excluding carboxylic acids is 1. The Kier molecular flexibility index (Phi) is 4.59. The van der Waals surface area contributed by atoms with Crippen molar-refractivity contribution >= 4 is 23.0 Å². The highest BCUT2D eigenvalue weighted by atomic mass is 16.6. The summed E-state index contributed by atoms with van der Waals surface area (Å²) in [6.07, 6.45) is 0.851. The van der Waals surface area contributed by atoms with Gasteiger partial charge in [-0.3, -0.25) is 14.9 Å². The molecule has 0 aliphatic carbocycles. The van der Waals surface area contributed by atoms with Crippen LogP contribution in [-0.2, 0) is 4.79 Å². The van der Waals surface area contributed by atoms with Gasteiger partial charge in [0.15, 0.2) is 12.4 Å². The van der Waals surface area contributed by atoms with Crippen molar-refractivity contribution in [3.05, 3.63) is 22.2 Å². The zero-order chi connectivity index (χ0) is 15.4. The quantitative estimate of drug-likeness (QED) is 0.461. The highest BCUT2D eigenvalue weighted by molar-refractivity contribution is 5.96. The number of hydrogen-bond donors (Lipinski definition) is 2. The molecule has 2 N–H and O–H groups in total. The minimum atomic E-state index is -0.441. The van der Waals surface area contributed by atoms with Crippen LogP contribution >= 0.6 is 0 Å². The van der Waals surface area contributed by atoms with Crippen molar-refractivity contribution in [2.45, 2.75) is 6.42 Å². The molecule has 1 aromatic rings. The number of anilines is 2. The molecule has 0 saturated carbocycles. The van der Waals surface area contributed by atoms with Gasteiger partial charge in [-0.15, -0.1) is 0 Å². The lowest BCUT2D eigenvalue weighted by molar-refractivity contribution is -0.384. The number of nitrogens with one attached hydrogen (secondary N) is 2. The number of fused-ring (bicyclic) bond motifs is 1. The molecule has 8 nitrogen and oxygen atoms in total. The van der Waals surface area contributed by atoms with Crippen LogP contribution in [0.4, 0.5) is 17.1 Å². The van der Waals surface area contributed by atoms with Gasteiger partial charge < -0.3 is 20.3 Å². The average molecular weight is 294 g/mol. The fourth-order valence-corrected chi connectivity index (χ4v) is 2.17. The van der Waals surface area contributed by atoms with E-state index in [0.717, 1.165) is 13.0 Å². The van der Waals surface area contributed by atoms with Gasteiger partial charge >= 0.3 is 0 Å². The molecule has 0 bridgehead atoms. The summed E-state index contributed by atoms with van der Waals surface area (Å²) in [5, 5.41) is 16.9. The topological polar surface area (TPSA) is 96.7 Å². The van der Waals surface area contributed by atoms with Gasteiger partial charge in [-0.05, 0) is 26.1 Å². The van der Waals surface area contributed by atoms with Crippen molar-refractivity contribution in [2.75, 3.05) is 44.0 Å². The lowest BCUT2D eigenvalue weighted by Crippen LogP contribution is -2.27. The minimum Gasteiger partial charge on any atom is -0.481 e. The van der Waals surface area contributed by atoms with E-state index in [1.165, 1.54) is 6.07 Å². The summed E-state index contributed by atoms with van der Waals surface area (Å²) < 4.78 is 5.21. The monoisotopic (exact) mass is 294 g/mol. The van der Waals surface area contributed by atoms with Crippen LogP contribution in [0.5, 0.6) is 5.75 Å². The Morgan fingerprint density at radius 3 is 2.95 bits per heavy atom. The fourth-order valence-electron chi connectivity index (χ4n) is 2.17. The SMILES string of the molecule is CNCCCN(C)c1cc2c(cc1[N+](=O)[O-])OCC(=O)N2. The predicted octanol–water partition coefficient (Wildman–Crippen LogP) is 0.971. The maximum absolute atomic E-state index is 11.3. The molecule has 21 heavy (non-hydrogen) atoms. The molecule has 1 aromatic carbocycles. The second kappa shape index (κ2) is 6.40. The first-order chi connectivity index (χ1) is 10.0. The molecule has 0 radical (unpaired) electrons. The van der Waals surface area contributed by atoms with Crippen LogP contribution in [0.15, 0.2) is 12.1 Å². The second-order valence-corrected chi connectivity index (χ2v) is 4.81. The Bertz CT molecular complexity index is 561. The van der Waals surface area contributed by atoms with Crippen LogP contribution in [0.1, 0.15) is 6.42 Å². The third-order valence-corrected chi connectivity index (χ3v) is 3.24. The van der Waals surface area contributed by atoms with Gasteiger partial charge in [0, 0.05) is 13.6 Å². The Balaban J connectivity index is 2.31. The third kappa shape index (κ3) is 3.40. The van der Waals surface area contributed by atoms with E-state index in [2.05, 4.69) is 10.6 Å². The smallest absolute Gasteiger partial charge is 0.296 e. The van der Waals surface area contributed by atoms with E-state index in [9.17, 15) is 14.9 Å². The first-order valence-electron chi connectivity index (χ1n) is 6.63. The number of hydrogen-bond acceptors (Lipinski definition) is 6. The molecule has 2 rings (SSSR count). The normalized spacial score (nSPS) is 13.1. The molecule has 8 heteroatoms. The van der Waals surface area contributed by atoms with Crippen LogP contribution in [0.2, 0.25) is 0 Å². The summed E-state index contributed by atoms with van der Waals surface area (Å²) in [5.41, 5.74) is 0.893. The number of nitrogens with zero attached hydrogens (tertiary/aromatic N) is 2. The number of carbonyl (C=O) groups is 1. The Hall–Kier alpha value is -2.35. The molecule has 0 spiro atoms. The first kappa shape index (κ1) is 15.0. The summed E-state index contributed by atoms with van der Waals surface area (Å²) in [5.74, 6) is 0.0637. The molecular weight excluding hydrogens is 276 g/mol. The summed E-state index contributed by atoms with van der Waals surface area (Å²) in [6, 6.07) is 2.95. The van der Waals surface area contributed by atoms with Crippen LogP contribution in [-0.4, -0.2) is 44.6 Å². The van der Waals surface area contributed by atoms with Crippen molar-refractivity contribution in [1.82, 2.24) is 5.32 Å². The highest BCUT2D eigenvalue weighted by Crippen LogP contribution is 2.39. The van der Waals surface area contributed by atoms with E-state index >= 15 is 0 Å². The summed E-state index contributed by atoms with van der Waals surface area (Å²) >= 11 is 0. The molecule has 1 aliphatic heterocycles.